The molecule has 6 heteroatoms. The van der Waals surface area contributed by atoms with Gasteiger partial charge in [-0.2, -0.15) is 18.3 Å². The van der Waals surface area contributed by atoms with Crippen LogP contribution in [-0.4, -0.2) is 33.8 Å². The highest BCUT2D eigenvalue weighted by molar-refractivity contribution is 5.28. The fourth-order valence-electron chi connectivity index (χ4n) is 3.62. The molecule has 1 aliphatic heterocycles. The number of halogens is 3. The third kappa shape index (κ3) is 5.25. The standard InChI is InChI=1S/C22H30F3N3/c1-5-8-10-11-17(4)21(18(7-3)12-9-6-2)27-15-19(16-27)28-20(13-14-26-28)22(23,24)25/h5,7-14,17,19,21H,6,15-16H2,1-4H3/b8-5-,11-10-,12-9-,18-7+. The summed E-state index contributed by atoms with van der Waals surface area (Å²) in [4.78, 5) is 2.24. The highest BCUT2D eigenvalue weighted by Gasteiger charge is 2.42. The average molecular weight is 393 g/mol. The largest absolute Gasteiger partial charge is 0.433 e. The van der Waals surface area contributed by atoms with Crippen molar-refractivity contribution in [2.75, 3.05) is 13.1 Å². The number of hydrogen-bond acceptors (Lipinski definition) is 2. The number of likely N-dealkylation sites (tertiary alicyclic amines) is 1. The van der Waals surface area contributed by atoms with Crippen LogP contribution in [0.1, 0.15) is 45.9 Å². The van der Waals surface area contributed by atoms with E-state index in [9.17, 15) is 13.2 Å². The van der Waals surface area contributed by atoms with Crippen LogP contribution in [0.2, 0.25) is 0 Å². The van der Waals surface area contributed by atoms with Gasteiger partial charge >= 0.3 is 6.18 Å². The van der Waals surface area contributed by atoms with Gasteiger partial charge in [0.15, 0.2) is 0 Å². The van der Waals surface area contributed by atoms with Gasteiger partial charge in [0, 0.05) is 25.3 Å². The second-order valence-electron chi connectivity index (χ2n) is 7.08. The van der Waals surface area contributed by atoms with Gasteiger partial charge in [0.1, 0.15) is 5.69 Å². The zero-order valence-corrected chi connectivity index (χ0v) is 17.0. The Morgan fingerprint density at radius 3 is 2.57 bits per heavy atom. The summed E-state index contributed by atoms with van der Waals surface area (Å²) in [6.45, 7) is 9.32. The van der Waals surface area contributed by atoms with Crippen LogP contribution in [0.5, 0.6) is 0 Å². The molecule has 1 aromatic rings. The minimum absolute atomic E-state index is 0.121. The fraction of sp³-hybridized carbons (Fsp3) is 0.500. The lowest BCUT2D eigenvalue weighted by Gasteiger charge is -2.47. The van der Waals surface area contributed by atoms with E-state index in [2.05, 4.69) is 48.2 Å². The Kier molecular flexibility index (Phi) is 7.87. The van der Waals surface area contributed by atoms with Crippen molar-refractivity contribution < 1.29 is 13.2 Å². The van der Waals surface area contributed by atoms with E-state index in [1.165, 1.54) is 11.8 Å². The van der Waals surface area contributed by atoms with E-state index in [-0.39, 0.29) is 18.0 Å². The number of aromatic nitrogens is 2. The molecule has 0 bridgehead atoms. The first-order valence-electron chi connectivity index (χ1n) is 9.80. The van der Waals surface area contributed by atoms with Crippen molar-refractivity contribution >= 4 is 0 Å². The summed E-state index contributed by atoms with van der Waals surface area (Å²) in [6.07, 6.45) is 12.3. The first-order valence-corrected chi connectivity index (χ1v) is 9.80. The van der Waals surface area contributed by atoms with Gasteiger partial charge in [0.05, 0.1) is 6.04 Å². The van der Waals surface area contributed by atoms with Crippen LogP contribution in [0.15, 0.2) is 60.4 Å². The lowest BCUT2D eigenvalue weighted by atomic mass is 9.88. The molecule has 0 spiro atoms. The van der Waals surface area contributed by atoms with Gasteiger partial charge in [-0.1, -0.05) is 56.4 Å². The molecule has 0 aliphatic carbocycles. The quantitative estimate of drug-likeness (QED) is 0.520. The van der Waals surface area contributed by atoms with Crippen molar-refractivity contribution in [2.45, 2.75) is 52.4 Å². The molecule has 2 atom stereocenters. The molecule has 28 heavy (non-hydrogen) atoms. The van der Waals surface area contributed by atoms with Crippen molar-refractivity contribution in [1.82, 2.24) is 14.7 Å². The van der Waals surface area contributed by atoms with Gasteiger partial charge in [-0.3, -0.25) is 9.58 Å². The number of rotatable bonds is 8. The van der Waals surface area contributed by atoms with E-state index in [4.69, 9.17) is 0 Å². The van der Waals surface area contributed by atoms with Crippen LogP contribution in [0.4, 0.5) is 13.2 Å². The predicted molar refractivity (Wildman–Crippen MR) is 108 cm³/mol. The molecule has 1 aromatic heterocycles. The zero-order valence-electron chi connectivity index (χ0n) is 17.0. The third-order valence-corrected chi connectivity index (χ3v) is 5.03. The molecule has 0 saturated carbocycles. The monoisotopic (exact) mass is 393 g/mol. The Balaban J connectivity index is 2.20. The van der Waals surface area contributed by atoms with Gasteiger partial charge in [0.25, 0.3) is 0 Å². The summed E-state index contributed by atoms with van der Waals surface area (Å²) >= 11 is 0. The van der Waals surface area contributed by atoms with Crippen LogP contribution in [0, 0.1) is 5.92 Å². The number of hydrogen-bond donors (Lipinski definition) is 0. The minimum Gasteiger partial charge on any atom is -0.291 e. The maximum Gasteiger partial charge on any atom is 0.433 e. The van der Waals surface area contributed by atoms with Crippen molar-refractivity contribution in [3.8, 4) is 0 Å². The molecule has 2 unspecified atom stereocenters. The number of alkyl halides is 3. The Bertz CT molecular complexity index is 734. The lowest BCUT2D eigenvalue weighted by Crippen LogP contribution is -2.55. The minimum atomic E-state index is -4.38. The van der Waals surface area contributed by atoms with Crippen LogP contribution in [0.3, 0.4) is 0 Å². The van der Waals surface area contributed by atoms with Gasteiger partial charge < -0.3 is 0 Å². The second kappa shape index (κ2) is 9.92. The maximum absolute atomic E-state index is 13.2. The summed E-state index contributed by atoms with van der Waals surface area (Å²) in [5.74, 6) is 0.226. The summed E-state index contributed by atoms with van der Waals surface area (Å²) < 4.78 is 40.6. The summed E-state index contributed by atoms with van der Waals surface area (Å²) in [7, 11) is 0. The molecule has 0 amide bonds. The van der Waals surface area contributed by atoms with E-state index in [1.807, 2.05) is 32.1 Å². The molecule has 0 aromatic carbocycles. The predicted octanol–water partition coefficient (Wildman–Crippen LogP) is 5.81. The van der Waals surface area contributed by atoms with Crippen molar-refractivity contribution in [1.29, 1.82) is 0 Å². The number of nitrogens with zero attached hydrogens (tertiary/aromatic N) is 3. The maximum atomic E-state index is 13.2. The van der Waals surface area contributed by atoms with E-state index < -0.39 is 11.9 Å². The van der Waals surface area contributed by atoms with E-state index in [0.29, 0.717) is 13.1 Å². The van der Waals surface area contributed by atoms with Crippen molar-refractivity contribution in [3.63, 3.8) is 0 Å². The van der Waals surface area contributed by atoms with E-state index in [1.54, 1.807) is 0 Å². The molecule has 2 heterocycles. The second-order valence-corrected chi connectivity index (χ2v) is 7.08. The molecule has 1 saturated heterocycles. The number of allylic oxidation sites excluding steroid dienone is 5. The Hall–Kier alpha value is -2.08. The molecule has 0 N–H and O–H groups in total. The van der Waals surface area contributed by atoms with Gasteiger partial charge in [-0.15, -0.1) is 0 Å². The van der Waals surface area contributed by atoms with Crippen LogP contribution in [0.25, 0.3) is 0 Å². The van der Waals surface area contributed by atoms with Gasteiger partial charge in [-0.05, 0) is 37.8 Å². The van der Waals surface area contributed by atoms with Crippen LogP contribution < -0.4 is 0 Å². The fourth-order valence-corrected chi connectivity index (χ4v) is 3.62. The van der Waals surface area contributed by atoms with Gasteiger partial charge in [0.2, 0.25) is 0 Å². The summed E-state index contributed by atoms with van der Waals surface area (Å²) in [5.41, 5.74) is 0.515. The summed E-state index contributed by atoms with van der Waals surface area (Å²) in [6, 6.07) is 0.911. The third-order valence-electron chi connectivity index (χ3n) is 5.03. The van der Waals surface area contributed by atoms with Crippen LogP contribution >= 0.6 is 0 Å². The Labute approximate surface area is 165 Å². The van der Waals surface area contributed by atoms with E-state index >= 15 is 0 Å². The van der Waals surface area contributed by atoms with Crippen molar-refractivity contribution in [3.05, 3.63) is 66.1 Å². The first-order chi connectivity index (χ1) is 13.3. The van der Waals surface area contributed by atoms with Crippen molar-refractivity contribution in [2.24, 2.45) is 5.92 Å². The van der Waals surface area contributed by atoms with Crippen LogP contribution in [-0.2, 0) is 6.18 Å². The average Bonchev–Trinajstić information content (AvgIpc) is 3.09. The smallest absolute Gasteiger partial charge is 0.291 e. The highest BCUT2D eigenvalue weighted by atomic mass is 19.4. The SMILES string of the molecule is C/C=C\C=C/C(C)C(C(/C=C\CC)=C/C)N1CC(n2nccc2C(F)(F)F)C1. The topological polar surface area (TPSA) is 21.1 Å². The molecule has 0 radical (unpaired) electrons. The molecule has 1 fully saturated rings. The van der Waals surface area contributed by atoms with Gasteiger partial charge in [-0.25, -0.2) is 0 Å². The zero-order chi connectivity index (χ0) is 20.7. The molecule has 3 nitrogen and oxygen atoms in total. The Morgan fingerprint density at radius 1 is 1.29 bits per heavy atom. The lowest BCUT2D eigenvalue weighted by molar-refractivity contribution is -0.146. The summed E-state index contributed by atoms with van der Waals surface area (Å²) in [5, 5.41) is 3.94. The molecule has 1 aliphatic rings. The normalized spacial score (nSPS) is 19.8. The first kappa shape index (κ1) is 22.2. The Morgan fingerprint density at radius 2 is 2.00 bits per heavy atom. The molecule has 2 rings (SSSR count). The molecular weight excluding hydrogens is 363 g/mol. The van der Waals surface area contributed by atoms with E-state index in [0.717, 1.165) is 17.2 Å². The highest BCUT2D eigenvalue weighted by Crippen LogP contribution is 2.35. The molecule has 154 valence electrons. The molecular formula is C22H30F3N3.